The van der Waals surface area contributed by atoms with Crippen molar-refractivity contribution in [3.63, 3.8) is 0 Å². The largest absolute Gasteiger partial charge is 0.497 e. The van der Waals surface area contributed by atoms with Crippen molar-refractivity contribution in [1.29, 1.82) is 0 Å². The van der Waals surface area contributed by atoms with Gasteiger partial charge in [-0.1, -0.05) is 12.8 Å². The molecule has 1 N–H and O–H groups in total. The van der Waals surface area contributed by atoms with E-state index in [4.69, 9.17) is 14.2 Å². The van der Waals surface area contributed by atoms with Crippen LogP contribution in [0.1, 0.15) is 55.3 Å². The number of nitrogens with zero attached hydrogens (tertiary/aromatic N) is 1. The molecule has 0 bridgehead atoms. The molecule has 6 heteroatoms. The summed E-state index contributed by atoms with van der Waals surface area (Å²) in [6.07, 6.45) is 8.64. The number of benzene rings is 1. The Morgan fingerprint density at radius 2 is 1.97 bits per heavy atom. The molecule has 2 saturated heterocycles. The van der Waals surface area contributed by atoms with Crippen molar-refractivity contribution in [2.45, 2.75) is 57.1 Å². The molecular formula is C23H34N2O4. The molecule has 1 aromatic rings. The Morgan fingerprint density at radius 1 is 1.17 bits per heavy atom. The summed E-state index contributed by atoms with van der Waals surface area (Å²) in [5.74, 6) is 1.62. The molecule has 0 radical (unpaired) electrons. The predicted octanol–water partition coefficient (Wildman–Crippen LogP) is 3.25. The maximum atomic E-state index is 12.9. The number of carbonyl (C=O) groups excluding carboxylic acids is 1. The zero-order valence-electron chi connectivity index (χ0n) is 17.5. The number of hydrogen-bond donors (Lipinski definition) is 1. The molecule has 160 valence electrons. The zero-order valence-corrected chi connectivity index (χ0v) is 17.5. The number of piperidine rings is 1. The molecule has 29 heavy (non-hydrogen) atoms. The fourth-order valence-corrected chi connectivity index (χ4v) is 4.80. The Balaban J connectivity index is 1.36. The fourth-order valence-electron chi connectivity index (χ4n) is 4.80. The molecule has 1 atom stereocenters. The summed E-state index contributed by atoms with van der Waals surface area (Å²) in [4.78, 5) is 15.5. The lowest BCUT2D eigenvalue weighted by molar-refractivity contribution is 0.0749. The van der Waals surface area contributed by atoms with E-state index in [9.17, 15) is 4.79 Å². The van der Waals surface area contributed by atoms with Crippen molar-refractivity contribution in [2.75, 3.05) is 40.0 Å². The van der Waals surface area contributed by atoms with Crippen LogP contribution in [0.15, 0.2) is 18.2 Å². The first-order valence-electron chi connectivity index (χ1n) is 11.2. The summed E-state index contributed by atoms with van der Waals surface area (Å²) in [5.41, 5.74) is 0.557. The standard InChI is InChI=1S/C23H34N2O4/c1-27-20-6-7-22(21(14-20)23(26)24-15-17-10-13-28-16-17)29-19-8-11-25(12-9-19)18-4-2-3-5-18/h6-7,14,17-19H,2-5,8-13,15-16H2,1H3,(H,24,26)/t17-/m0/s1. The number of hydrogen-bond acceptors (Lipinski definition) is 5. The van der Waals surface area contributed by atoms with Gasteiger partial charge in [0.1, 0.15) is 17.6 Å². The Labute approximate surface area is 173 Å². The SMILES string of the molecule is COc1ccc(OC2CCN(C3CCCC3)CC2)c(C(=O)NC[C@@H]2CCOC2)c1. The lowest BCUT2D eigenvalue weighted by Gasteiger charge is -2.36. The Kier molecular flexibility index (Phi) is 6.93. The van der Waals surface area contributed by atoms with E-state index in [1.165, 1.54) is 25.7 Å². The van der Waals surface area contributed by atoms with Crippen molar-refractivity contribution < 1.29 is 19.0 Å². The van der Waals surface area contributed by atoms with E-state index in [0.29, 0.717) is 29.5 Å². The van der Waals surface area contributed by atoms with Crippen LogP contribution in [-0.4, -0.2) is 62.9 Å². The lowest BCUT2D eigenvalue weighted by Crippen LogP contribution is -2.43. The second kappa shape index (κ2) is 9.81. The summed E-state index contributed by atoms with van der Waals surface area (Å²) < 4.78 is 17.1. The van der Waals surface area contributed by atoms with E-state index >= 15 is 0 Å². The Hall–Kier alpha value is -1.79. The number of likely N-dealkylation sites (tertiary alicyclic amines) is 1. The quantitative estimate of drug-likeness (QED) is 0.759. The lowest BCUT2D eigenvalue weighted by atomic mass is 10.0. The van der Waals surface area contributed by atoms with Crippen LogP contribution in [0.2, 0.25) is 0 Å². The number of ether oxygens (including phenoxy) is 3. The van der Waals surface area contributed by atoms with E-state index in [1.54, 1.807) is 13.2 Å². The number of carbonyl (C=O) groups is 1. The number of methoxy groups -OCH3 is 1. The molecule has 0 aromatic heterocycles. The Morgan fingerprint density at radius 3 is 2.66 bits per heavy atom. The molecule has 1 aromatic carbocycles. The molecule has 1 amide bonds. The molecule has 0 unspecified atom stereocenters. The second-order valence-electron chi connectivity index (χ2n) is 8.59. The van der Waals surface area contributed by atoms with Gasteiger partial charge in [-0.05, 0) is 50.3 Å². The van der Waals surface area contributed by atoms with Gasteiger partial charge in [0.2, 0.25) is 0 Å². The molecule has 4 rings (SSSR count). The first-order chi connectivity index (χ1) is 14.2. The highest BCUT2D eigenvalue weighted by atomic mass is 16.5. The monoisotopic (exact) mass is 402 g/mol. The molecular weight excluding hydrogens is 368 g/mol. The van der Waals surface area contributed by atoms with E-state index in [0.717, 1.165) is 51.6 Å². The maximum Gasteiger partial charge on any atom is 0.255 e. The zero-order chi connectivity index (χ0) is 20.1. The average molecular weight is 403 g/mol. The van der Waals surface area contributed by atoms with E-state index in [1.807, 2.05) is 12.1 Å². The molecule has 2 heterocycles. The third-order valence-electron chi connectivity index (χ3n) is 6.62. The summed E-state index contributed by atoms with van der Waals surface area (Å²) in [7, 11) is 1.62. The molecule has 2 aliphatic heterocycles. The minimum absolute atomic E-state index is 0.103. The third-order valence-corrected chi connectivity index (χ3v) is 6.62. The summed E-state index contributed by atoms with van der Waals surface area (Å²) in [6.45, 7) is 4.33. The van der Waals surface area contributed by atoms with Crippen LogP contribution in [0, 0.1) is 5.92 Å². The number of amides is 1. The van der Waals surface area contributed by atoms with Crippen molar-refractivity contribution in [2.24, 2.45) is 5.92 Å². The van der Waals surface area contributed by atoms with E-state index in [-0.39, 0.29) is 12.0 Å². The van der Waals surface area contributed by atoms with Crippen molar-refractivity contribution in [3.8, 4) is 11.5 Å². The first-order valence-corrected chi connectivity index (χ1v) is 11.2. The average Bonchev–Trinajstić information content (AvgIpc) is 3.47. The Bertz CT molecular complexity index is 675. The topological polar surface area (TPSA) is 60.0 Å². The van der Waals surface area contributed by atoms with Crippen LogP contribution in [0.3, 0.4) is 0 Å². The summed E-state index contributed by atoms with van der Waals surface area (Å²) in [6, 6.07) is 6.29. The molecule has 3 aliphatic rings. The van der Waals surface area contributed by atoms with Crippen molar-refractivity contribution >= 4 is 5.91 Å². The van der Waals surface area contributed by atoms with Gasteiger partial charge in [0, 0.05) is 38.2 Å². The van der Waals surface area contributed by atoms with Gasteiger partial charge in [0.05, 0.1) is 19.3 Å². The summed E-state index contributed by atoms with van der Waals surface area (Å²) in [5, 5.41) is 3.05. The molecule has 1 saturated carbocycles. The molecule has 0 spiro atoms. The van der Waals surface area contributed by atoms with Crippen LogP contribution in [0.5, 0.6) is 11.5 Å². The minimum atomic E-state index is -0.103. The van der Waals surface area contributed by atoms with Gasteiger partial charge in [-0.25, -0.2) is 0 Å². The maximum absolute atomic E-state index is 12.9. The highest BCUT2D eigenvalue weighted by molar-refractivity contribution is 5.97. The van der Waals surface area contributed by atoms with Gasteiger partial charge in [-0.2, -0.15) is 0 Å². The van der Waals surface area contributed by atoms with Crippen LogP contribution in [0.4, 0.5) is 0 Å². The predicted molar refractivity (Wildman–Crippen MR) is 112 cm³/mol. The van der Waals surface area contributed by atoms with Gasteiger partial charge < -0.3 is 24.4 Å². The van der Waals surface area contributed by atoms with Gasteiger partial charge >= 0.3 is 0 Å². The molecule has 3 fully saturated rings. The normalized spacial score (nSPS) is 24.0. The highest BCUT2D eigenvalue weighted by Gasteiger charge is 2.28. The first kappa shape index (κ1) is 20.5. The van der Waals surface area contributed by atoms with Crippen LogP contribution >= 0.6 is 0 Å². The van der Waals surface area contributed by atoms with Gasteiger partial charge in [0.15, 0.2) is 0 Å². The highest BCUT2D eigenvalue weighted by Crippen LogP contribution is 2.30. The van der Waals surface area contributed by atoms with E-state index in [2.05, 4.69) is 10.2 Å². The third kappa shape index (κ3) is 5.23. The van der Waals surface area contributed by atoms with E-state index < -0.39 is 0 Å². The second-order valence-corrected chi connectivity index (χ2v) is 8.59. The van der Waals surface area contributed by atoms with Crippen LogP contribution in [-0.2, 0) is 4.74 Å². The number of rotatable bonds is 7. The molecule has 6 nitrogen and oxygen atoms in total. The smallest absolute Gasteiger partial charge is 0.255 e. The minimum Gasteiger partial charge on any atom is -0.497 e. The number of nitrogens with one attached hydrogen (secondary N) is 1. The van der Waals surface area contributed by atoms with Crippen molar-refractivity contribution in [3.05, 3.63) is 23.8 Å². The van der Waals surface area contributed by atoms with Gasteiger partial charge in [-0.3, -0.25) is 4.79 Å². The van der Waals surface area contributed by atoms with Crippen molar-refractivity contribution in [1.82, 2.24) is 10.2 Å². The molecule has 1 aliphatic carbocycles. The fraction of sp³-hybridized carbons (Fsp3) is 0.696. The van der Waals surface area contributed by atoms with Gasteiger partial charge in [0.25, 0.3) is 5.91 Å². The van der Waals surface area contributed by atoms with Crippen LogP contribution in [0.25, 0.3) is 0 Å². The van der Waals surface area contributed by atoms with Crippen LogP contribution < -0.4 is 14.8 Å². The summed E-state index contributed by atoms with van der Waals surface area (Å²) >= 11 is 0. The van der Waals surface area contributed by atoms with Gasteiger partial charge in [-0.15, -0.1) is 0 Å².